The summed E-state index contributed by atoms with van der Waals surface area (Å²) in [5, 5.41) is 10.5. The topological polar surface area (TPSA) is 89.8 Å². The maximum absolute atomic E-state index is 13.8. The van der Waals surface area contributed by atoms with E-state index in [0.29, 0.717) is 34.2 Å². The predicted molar refractivity (Wildman–Crippen MR) is 113 cm³/mol. The van der Waals surface area contributed by atoms with Crippen LogP contribution < -0.4 is 5.73 Å². The number of rotatable bonds is 4. The van der Waals surface area contributed by atoms with Crippen LogP contribution in [0.1, 0.15) is 50.4 Å². The van der Waals surface area contributed by atoms with Crippen LogP contribution in [-0.4, -0.2) is 30.2 Å². The molecule has 2 aliphatic carbocycles. The highest BCUT2D eigenvalue weighted by atomic mass is 35.5. The van der Waals surface area contributed by atoms with Crippen LogP contribution in [0.15, 0.2) is 30.3 Å². The molecule has 0 bridgehead atoms. The Kier molecular flexibility index (Phi) is 5.04. The molecular formula is C21H23ClFN5O. The van der Waals surface area contributed by atoms with Gasteiger partial charge < -0.3 is 15.4 Å². The number of aliphatic hydroxyl groups is 1. The van der Waals surface area contributed by atoms with Crippen LogP contribution >= 0.6 is 12.4 Å². The van der Waals surface area contributed by atoms with Crippen LogP contribution in [0.5, 0.6) is 0 Å². The van der Waals surface area contributed by atoms with Crippen molar-refractivity contribution in [3.05, 3.63) is 42.0 Å². The number of benzene rings is 1. The summed E-state index contributed by atoms with van der Waals surface area (Å²) in [7, 11) is 0. The molecule has 1 aromatic carbocycles. The Hall–Kier alpha value is -2.51. The fourth-order valence-electron chi connectivity index (χ4n) is 3.98. The van der Waals surface area contributed by atoms with E-state index in [4.69, 9.17) is 5.73 Å². The molecule has 2 saturated carbocycles. The molecule has 2 heterocycles. The third-order valence-corrected chi connectivity index (χ3v) is 5.59. The van der Waals surface area contributed by atoms with Gasteiger partial charge in [-0.05, 0) is 50.0 Å². The van der Waals surface area contributed by atoms with E-state index < -0.39 is 5.60 Å². The Morgan fingerprint density at radius 1 is 1.17 bits per heavy atom. The monoisotopic (exact) mass is 415 g/mol. The van der Waals surface area contributed by atoms with Crippen LogP contribution in [-0.2, 0) is 0 Å². The average molecular weight is 416 g/mol. The number of nitrogens with two attached hydrogens (primary N) is 1. The Balaban J connectivity index is 0.00000205. The van der Waals surface area contributed by atoms with Crippen molar-refractivity contribution in [2.24, 2.45) is 0 Å². The highest BCUT2D eigenvalue weighted by Crippen LogP contribution is 2.41. The molecule has 152 valence electrons. The van der Waals surface area contributed by atoms with E-state index in [1.807, 2.05) is 10.6 Å². The molecule has 0 atom stereocenters. The standard InChI is InChI=1S/C21H22FN5O.ClH/c22-14-5-3-4-13(12-14)19-26-17-18(23)24-16(8-11-21(28)9-1-2-10-21)25-20(17)27(19)15-6-7-15;/h3-5,8,11-12,15,28H,1-2,6-7,9-10H2,(H2,23,24,25);1H/b11-8+;. The van der Waals surface area contributed by atoms with E-state index in [9.17, 15) is 9.50 Å². The molecule has 0 amide bonds. The first-order chi connectivity index (χ1) is 13.5. The SMILES string of the molecule is Cl.Nc1nc(/C=C/C2(O)CCCC2)nc2c1nc(-c1cccc(F)c1)n2C1CC1. The van der Waals surface area contributed by atoms with E-state index >= 15 is 0 Å². The summed E-state index contributed by atoms with van der Waals surface area (Å²) in [4.78, 5) is 13.7. The first-order valence-corrected chi connectivity index (χ1v) is 9.75. The second kappa shape index (κ2) is 7.39. The molecule has 29 heavy (non-hydrogen) atoms. The van der Waals surface area contributed by atoms with Crippen LogP contribution in [0, 0.1) is 5.82 Å². The number of aromatic nitrogens is 4. The first kappa shape index (κ1) is 19.8. The second-order valence-electron chi connectivity index (χ2n) is 7.83. The largest absolute Gasteiger partial charge is 0.386 e. The number of fused-ring (bicyclic) bond motifs is 1. The van der Waals surface area contributed by atoms with Gasteiger partial charge in [-0.1, -0.05) is 25.0 Å². The van der Waals surface area contributed by atoms with Crippen LogP contribution in [0.25, 0.3) is 28.6 Å². The number of nitrogen functional groups attached to an aromatic ring is 1. The molecule has 0 unspecified atom stereocenters. The predicted octanol–water partition coefficient (Wildman–Crippen LogP) is 4.29. The van der Waals surface area contributed by atoms with Crippen LogP contribution in [0.3, 0.4) is 0 Å². The smallest absolute Gasteiger partial charge is 0.166 e. The third kappa shape index (κ3) is 3.72. The fraction of sp³-hybridized carbons (Fsp3) is 0.381. The minimum atomic E-state index is -0.781. The molecule has 2 fully saturated rings. The Labute approximate surface area is 174 Å². The molecular weight excluding hydrogens is 393 g/mol. The molecule has 0 radical (unpaired) electrons. The van der Waals surface area contributed by atoms with E-state index in [2.05, 4.69) is 15.0 Å². The van der Waals surface area contributed by atoms with Crippen molar-refractivity contribution in [2.75, 3.05) is 5.73 Å². The van der Waals surface area contributed by atoms with Crippen molar-refractivity contribution in [2.45, 2.75) is 50.2 Å². The maximum Gasteiger partial charge on any atom is 0.166 e. The number of anilines is 1. The number of nitrogens with zero attached hydrogens (tertiary/aromatic N) is 4. The van der Waals surface area contributed by atoms with Crippen LogP contribution in [0.2, 0.25) is 0 Å². The van der Waals surface area contributed by atoms with Gasteiger partial charge in [-0.3, -0.25) is 0 Å². The molecule has 5 rings (SSSR count). The number of imidazole rings is 1. The van der Waals surface area contributed by atoms with Gasteiger partial charge in [0.15, 0.2) is 22.8 Å². The van der Waals surface area contributed by atoms with E-state index in [1.165, 1.54) is 12.1 Å². The summed E-state index contributed by atoms with van der Waals surface area (Å²) in [5.41, 5.74) is 7.29. The van der Waals surface area contributed by atoms with Gasteiger partial charge in [0.05, 0.1) is 5.60 Å². The molecule has 3 aromatic rings. The van der Waals surface area contributed by atoms with E-state index in [1.54, 1.807) is 18.2 Å². The summed E-state index contributed by atoms with van der Waals surface area (Å²) < 4.78 is 15.8. The second-order valence-corrected chi connectivity index (χ2v) is 7.83. The van der Waals surface area contributed by atoms with Crippen molar-refractivity contribution in [3.8, 4) is 11.4 Å². The van der Waals surface area contributed by atoms with E-state index in [0.717, 1.165) is 38.5 Å². The van der Waals surface area contributed by atoms with Crippen molar-refractivity contribution in [1.82, 2.24) is 19.5 Å². The third-order valence-electron chi connectivity index (χ3n) is 5.59. The molecule has 2 aliphatic rings. The molecule has 3 N–H and O–H groups in total. The highest BCUT2D eigenvalue weighted by molar-refractivity contribution is 5.86. The zero-order valence-corrected chi connectivity index (χ0v) is 16.7. The van der Waals surface area contributed by atoms with Gasteiger partial charge in [0.2, 0.25) is 0 Å². The molecule has 8 heteroatoms. The molecule has 6 nitrogen and oxygen atoms in total. The Morgan fingerprint density at radius 3 is 2.62 bits per heavy atom. The first-order valence-electron chi connectivity index (χ1n) is 9.75. The summed E-state index contributed by atoms with van der Waals surface area (Å²) in [5.74, 6) is 1.10. The summed E-state index contributed by atoms with van der Waals surface area (Å²) >= 11 is 0. The number of halogens is 2. The van der Waals surface area contributed by atoms with E-state index in [-0.39, 0.29) is 24.3 Å². The van der Waals surface area contributed by atoms with Crippen molar-refractivity contribution in [3.63, 3.8) is 0 Å². The van der Waals surface area contributed by atoms with Gasteiger partial charge in [-0.25, -0.2) is 19.3 Å². The van der Waals surface area contributed by atoms with Gasteiger partial charge in [0.25, 0.3) is 0 Å². The lowest BCUT2D eigenvalue weighted by Crippen LogP contribution is -2.19. The maximum atomic E-state index is 13.8. The zero-order chi connectivity index (χ0) is 19.3. The molecule has 2 aromatic heterocycles. The lowest BCUT2D eigenvalue weighted by molar-refractivity contribution is 0.100. The van der Waals surface area contributed by atoms with Gasteiger partial charge in [0.1, 0.15) is 11.6 Å². The fourth-order valence-corrected chi connectivity index (χ4v) is 3.98. The van der Waals surface area contributed by atoms with Gasteiger partial charge in [0, 0.05) is 11.6 Å². The highest BCUT2D eigenvalue weighted by Gasteiger charge is 2.31. The van der Waals surface area contributed by atoms with Gasteiger partial charge in [-0.2, -0.15) is 0 Å². The minimum absolute atomic E-state index is 0. The lowest BCUT2D eigenvalue weighted by Gasteiger charge is -2.16. The summed E-state index contributed by atoms with van der Waals surface area (Å²) in [6, 6.07) is 6.68. The van der Waals surface area contributed by atoms with Crippen LogP contribution in [0.4, 0.5) is 10.2 Å². The van der Waals surface area contributed by atoms with Crippen molar-refractivity contribution < 1.29 is 9.50 Å². The zero-order valence-electron chi connectivity index (χ0n) is 15.9. The van der Waals surface area contributed by atoms with Gasteiger partial charge in [-0.15, -0.1) is 12.4 Å². The molecule has 0 spiro atoms. The van der Waals surface area contributed by atoms with Crippen molar-refractivity contribution in [1.29, 1.82) is 0 Å². The number of hydrogen-bond acceptors (Lipinski definition) is 5. The van der Waals surface area contributed by atoms with Gasteiger partial charge >= 0.3 is 0 Å². The Bertz CT molecular complexity index is 1090. The Morgan fingerprint density at radius 2 is 1.93 bits per heavy atom. The normalized spacial score (nSPS) is 18.4. The quantitative estimate of drug-likeness (QED) is 0.663. The molecule has 0 saturated heterocycles. The van der Waals surface area contributed by atoms with Crippen molar-refractivity contribution >= 4 is 35.5 Å². The summed E-state index contributed by atoms with van der Waals surface area (Å²) in [6.45, 7) is 0. The number of hydrogen-bond donors (Lipinski definition) is 2. The summed E-state index contributed by atoms with van der Waals surface area (Å²) in [6.07, 6.45) is 9.14. The average Bonchev–Trinajstić information content (AvgIpc) is 3.29. The minimum Gasteiger partial charge on any atom is -0.386 e. The lowest BCUT2D eigenvalue weighted by atomic mass is 10.0. The molecule has 0 aliphatic heterocycles.